The lowest BCUT2D eigenvalue weighted by Crippen LogP contribution is -2.28. The first kappa shape index (κ1) is 14.4. The normalized spacial score (nSPS) is 12.1. The summed E-state index contributed by atoms with van der Waals surface area (Å²) in [6.07, 6.45) is 0. The summed E-state index contributed by atoms with van der Waals surface area (Å²) < 4.78 is 13.2. The number of benzene rings is 1. The van der Waals surface area contributed by atoms with Gasteiger partial charge < -0.3 is 16.0 Å². The van der Waals surface area contributed by atoms with Crippen molar-refractivity contribution in [1.29, 1.82) is 0 Å². The molecule has 0 spiro atoms. The van der Waals surface area contributed by atoms with Crippen LogP contribution in [0.15, 0.2) is 23.4 Å². The number of amidine groups is 1. The third kappa shape index (κ3) is 3.68. The van der Waals surface area contributed by atoms with Crippen LogP contribution in [0.25, 0.3) is 0 Å². The molecule has 0 saturated heterocycles. The van der Waals surface area contributed by atoms with Crippen molar-refractivity contribution >= 4 is 5.84 Å². The SMILES string of the molecule is CCN(CCO)Cc1ccc(F)cc1C(N)=NO. The molecule has 0 aliphatic rings. The van der Waals surface area contributed by atoms with Crippen LogP contribution in [0.1, 0.15) is 18.1 Å². The summed E-state index contributed by atoms with van der Waals surface area (Å²) in [4.78, 5) is 1.97. The summed E-state index contributed by atoms with van der Waals surface area (Å²) in [6.45, 7) is 3.77. The Morgan fingerprint density at radius 3 is 2.78 bits per heavy atom. The fraction of sp³-hybridized carbons (Fsp3) is 0.417. The first-order valence-corrected chi connectivity index (χ1v) is 5.71. The molecule has 0 saturated carbocycles. The fourth-order valence-electron chi connectivity index (χ4n) is 1.71. The lowest BCUT2D eigenvalue weighted by atomic mass is 10.1. The zero-order valence-electron chi connectivity index (χ0n) is 10.3. The first-order valence-electron chi connectivity index (χ1n) is 5.71. The van der Waals surface area contributed by atoms with E-state index in [9.17, 15) is 4.39 Å². The highest BCUT2D eigenvalue weighted by atomic mass is 19.1. The van der Waals surface area contributed by atoms with Gasteiger partial charge in [0.25, 0.3) is 0 Å². The van der Waals surface area contributed by atoms with Crippen LogP contribution in [-0.4, -0.2) is 40.7 Å². The minimum Gasteiger partial charge on any atom is -0.409 e. The number of oxime groups is 1. The topological polar surface area (TPSA) is 82.1 Å². The van der Waals surface area contributed by atoms with Crippen molar-refractivity contribution in [3.05, 3.63) is 35.1 Å². The fourth-order valence-corrected chi connectivity index (χ4v) is 1.71. The molecule has 1 aromatic rings. The van der Waals surface area contributed by atoms with Gasteiger partial charge in [-0.15, -0.1) is 0 Å². The number of aliphatic hydroxyl groups is 1. The number of nitrogens with two attached hydrogens (primary N) is 1. The summed E-state index contributed by atoms with van der Waals surface area (Å²) >= 11 is 0. The van der Waals surface area contributed by atoms with E-state index in [0.717, 1.165) is 12.1 Å². The lowest BCUT2D eigenvalue weighted by Gasteiger charge is -2.20. The van der Waals surface area contributed by atoms with Crippen molar-refractivity contribution in [2.24, 2.45) is 10.9 Å². The molecule has 0 aliphatic heterocycles. The average Bonchev–Trinajstić information content (AvgIpc) is 2.39. The highest BCUT2D eigenvalue weighted by molar-refractivity contribution is 5.98. The van der Waals surface area contributed by atoms with E-state index >= 15 is 0 Å². The Morgan fingerprint density at radius 2 is 2.22 bits per heavy atom. The lowest BCUT2D eigenvalue weighted by molar-refractivity contribution is 0.196. The number of halogens is 1. The smallest absolute Gasteiger partial charge is 0.170 e. The maximum Gasteiger partial charge on any atom is 0.170 e. The molecule has 0 bridgehead atoms. The number of hydrogen-bond acceptors (Lipinski definition) is 4. The van der Waals surface area contributed by atoms with Crippen LogP contribution in [0.5, 0.6) is 0 Å². The highest BCUT2D eigenvalue weighted by Gasteiger charge is 2.11. The number of nitrogens with zero attached hydrogens (tertiary/aromatic N) is 2. The Labute approximate surface area is 105 Å². The van der Waals surface area contributed by atoms with Gasteiger partial charge in [-0.3, -0.25) is 4.90 Å². The first-order chi connectivity index (χ1) is 8.62. The Balaban J connectivity index is 3.00. The molecule has 4 N–H and O–H groups in total. The zero-order chi connectivity index (χ0) is 13.5. The van der Waals surface area contributed by atoms with Gasteiger partial charge in [-0.1, -0.05) is 18.1 Å². The molecule has 0 unspecified atom stereocenters. The minimum absolute atomic E-state index is 0.0495. The summed E-state index contributed by atoms with van der Waals surface area (Å²) in [5.41, 5.74) is 6.64. The summed E-state index contributed by atoms with van der Waals surface area (Å²) in [6, 6.07) is 4.16. The Kier molecular flexibility index (Phi) is 5.54. The Bertz CT molecular complexity index is 424. The van der Waals surface area contributed by atoms with Gasteiger partial charge in [0, 0.05) is 18.7 Å². The third-order valence-corrected chi connectivity index (χ3v) is 2.71. The van der Waals surface area contributed by atoms with E-state index in [4.69, 9.17) is 16.0 Å². The van der Waals surface area contributed by atoms with Crippen molar-refractivity contribution in [2.75, 3.05) is 19.7 Å². The molecule has 0 heterocycles. The largest absolute Gasteiger partial charge is 0.409 e. The minimum atomic E-state index is -0.439. The van der Waals surface area contributed by atoms with E-state index in [1.807, 2.05) is 11.8 Å². The molecule has 5 nitrogen and oxygen atoms in total. The molecule has 100 valence electrons. The van der Waals surface area contributed by atoms with Gasteiger partial charge in [-0.2, -0.15) is 0 Å². The van der Waals surface area contributed by atoms with Gasteiger partial charge in [-0.05, 0) is 24.2 Å². The predicted octanol–water partition coefficient (Wildman–Crippen LogP) is 0.734. The van der Waals surface area contributed by atoms with Crippen LogP contribution in [0.4, 0.5) is 4.39 Å². The number of hydrogen-bond donors (Lipinski definition) is 3. The maximum absolute atomic E-state index is 13.2. The monoisotopic (exact) mass is 255 g/mol. The zero-order valence-corrected chi connectivity index (χ0v) is 10.3. The molecule has 0 aromatic heterocycles. The Morgan fingerprint density at radius 1 is 1.50 bits per heavy atom. The molecular formula is C12H18FN3O2. The number of likely N-dealkylation sites (N-methyl/N-ethyl adjacent to an activating group) is 1. The summed E-state index contributed by atoms with van der Waals surface area (Å²) in [7, 11) is 0. The second-order valence-electron chi connectivity index (χ2n) is 3.88. The molecular weight excluding hydrogens is 237 g/mol. The molecule has 6 heteroatoms. The number of rotatable bonds is 6. The molecule has 1 rings (SSSR count). The van der Waals surface area contributed by atoms with Crippen LogP contribution >= 0.6 is 0 Å². The van der Waals surface area contributed by atoms with Crippen LogP contribution in [-0.2, 0) is 6.54 Å². The molecule has 0 fully saturated rings. The molecule has 0 amide bonds. The van der Waals surface area contributed by atoms with Gasteiger partial charge in [0.05, 0.1) is 6.61 Å². The van der Waals surface area contributed by atoms with Gasteiger partial charge in [-0.25, -0.2) is 4.39 Å². The van der Waals surface area contributed by atoms with Gasteiger partial charge >= 0.3 is 0 Å². The third-order valence-electron chi connectivity index (χ3n) is 2.71. The van der Waals surface area contributed by atoms with Gasteiger partial charge in [0.15, 0.2) is 5.84 Å². The van der Waals surface area contributed by atoms with Gasteiger partial charge in [0.1, 0.15) is 5.82 Å². The van der Waals surface area contributed by atoms with E-state index in [1.165, 1.54) is 12.1 Å². The molecule has 0 atom stereocenters. The van der Waals surface area contributed by atoms with E-state index in [2.05, 4.69) is 5.16 Å². The van der Waals surface area contributed by atoms with E-state index < -0.39 is 5.82 Å². The van der Waals surface area contributed by atoms with E-state index in [1.54, 1.807) is 6.07 Å². The van der Waals surface area contributed by atoms with Crippen molar-refractivity contribution in [3.63, 3.8) is 0 Å². The summed E-state index contributed by atoms with van der Waals surface area (Å²) in [5.74, 6) is -0.560. The summed E-state index contributed by atoms with van der Waals surface area (Å²) in [5, 5.41) is 20.5. The predicted molar refractivity (Wildman–Crippen MR) is 66.9 cm³/mol. The van der Waals surface area contributed by atoms with Crippen molar-refractivity contribution < 1.29 is 14.7 Å². The van der Waals surface area contributed by atoms with Crippen LogP contribution in [0, 0.1) is 5.82 Å². The quantitative estimate of drug-likeness (QED) is 0.303. The molecule has 0 aliphatic carbocycles. The van der Waals surface area contributed by atoms with Crippen LogP contribution in [0.3, 0.4) is 0 Å². The maximum atomic E-state index is 13.2. The van der Waals surface area contributed by atoms with Crippen molar-refractivity contribution in [1.82, 2.24) is 4.90 Å². The van der Waals surface area contributed by atoms with E-state index in [0.29, 0.717) is 18.7 Å². The average molecular weight is 255 g/mol. The standard InChI is InChI=1S/C12H18FN3O2/c1-2-16(5-6-17)8-9-3-4-10(13)7-11(9)12(14)15-18/h3-4,7,17-18H,2,5-6,8H2,1H3,(H2,14,15). The molecule has 0 radical (unpaired) electrons. The molecule has 18 heavy (non-hydrogen) atoms. The second-order valence-corrected chi connectivity index (χ2v) is 3.88. The van der Waals surface area contributed by atoms with E-state index in [-0.39, 0.29) is 12.4 Å². The van der Waals surface area contributed by atoms with Crippen LogP contribution < -0.4 is 5.73 Å². The Hall–Kier alpha value is -1.66. The number of aliphatic hydroxyl groups excluding tert-OH is 1. The highest BCUT2D eigenvalue weighted by Crippen LogP contribution is 2.13. The molecule has 1 aromatic carbocycles. The van der Waals surface area contributed by atoms with Gasteiger partial charge in [0.2, 0.25) is 0 Å². The van der Waals surface area contributed by atoms with Crippen molar-refractivity contribution in [2.45, 2.75) is 13.5 Å². The van der Waals surface area contributed by atoms with Crippen LogP contribution in [0.2, 0.25) is 0 Å². The van der Waals surface area contributed by atoms with Crippen molar-refractivity contribution in [3.8, 4) is 0 Å². The second kappa shape index (κ2) is 6.93.